The van der Waals surface area contributed by atoms with Gasteiger partial charge >= 0.3 is 0 Å². The van der Waals surface area contributed by atoms with Crippen molar-refractivity contribution in [1.82, 2.24) is 0 Å². The maximum atomic E-state index is 13.6. The summed E-state index contributed by atoms with van der Waals surface area (Å²) < 4.78 is 58.4. The third-order valence-electron chi connectivity index (χ3n) is 3.79. The van der Waals surface area contributed by atoms with Crippen molar-refractivity contribution in [1.29, 1.82) is 0 Å². The van der Waals surface area contributed by atoms with Crippen LogP contribution in [-0.4, -0.2) is 5.91 Å². The Morgan fingerprint density at radius 3 is 2.14 bits per heavy atom. The predicted molar refractivity (Wildman–Crippen MR) is 96.5 cm³/mol. The summed E-state index contributed by atoms with van der Waals surface area (Å²) in [5.41, 5.74) is 1.18. The summed E-state index contributed by atoms with van der Waals surface area (Å²) in [6, 6.07) is 12.7. The Morgan fingerprint density at radius 2 is 1.54 bits per heavy atom. The van der Waals surface area contributed by atoms with E-state index in [0.717, 1.165) is 0 Å². The van der Waals surface area contributed by atoms with Gasteiger partial charge in [-0.15, -0.1) is 0 Å². The fraction of sp³-hybridized carbons (Fsp3) is 0.0500. The molecule has 0 unspecified atom stereocenters. The molecule has 3 aromatic carbocycles. The molecule has 0 radical (unpaired) electrons. The Kier molecular flexibility index (Phi) is 5.84. The lowest BCUT2D eigenvalue weighted by atomic mass is 10.1. The first kappa shape index (κ1) is 19.7. The first-order valence-corrected chi connectivity index (χ1v) is 8.35. The van der Waals surface area contributed by atoms with Crippen LogP contribution < -0.4 is 10.1 Å². The van der Waals surface area contributed by atoms with Gasteiger partial charge in [0.15, 0.2) is 17.4 Å². The van der Waals surface area contributed by atoms with Crippen LogP contribution in [0.2, 0.25) is 5.02 Å². The van der Waals surface area contributed by atoms with Crippen LogP contribution in [0.4, 0.5) is 23.2 Å². The zero-order chi connectivity index (χ0) is 20.3. The van der Waals surface area contributed by atoms with E-state index in [1.807, 2.05) is 0 Å². The third-order valence-corrected chi connectivity index (χ3v) is 4.12. The summed E-state index contributed by atoms with van der Waals surface area (Å²) in [6.45, 7) is -0.358. The van der Waals surface area contributed by atoms with Gasteiger partial charge in [0, 0.05) is 11.6 Å². The van der Waals surface area contributed by atoms with Crippen molar-refractivity contribution in [3.8, 4) is 5.75 Å². The molecule has 3 nitrogen and oxygen atoms in total. The van der Waals surface area contributed by atoms with Crippen molar-refractivity contribution in [2.24, 2.45) is 0 Å². The van der Waals surface area contributed by atoms with Crippen LogP contribution >= 0.6 is 11.6 Å². The van der Waals surface area contributed by atoms with Gasteiger partial charge in [0.05, 0.1) is 10.7 Å². The van der Waals surface area contributed by atoms with E-state index in [2.05, 4.69) is 5.32 Å². The Hall–Kier alpha value is -3.06. The van der Waals surface area contributed by atoms with Crippen molar-refractivity contribution >= 4 is 23.2 Å². The lowest BCUT2D eigenvalue weighted by Crippen LogP contribution is -2.12. The number of carbonyl (C=O) groups is 1. The molecule has 1 amide bonds. The molecule has 3 rings (SSSR count). The lowest BCUT2D eigenvalue weighted by molar-refractivity contribution is 0.102. The van der Waals surface area contributed by atoms with E-state index in [9.17, 15) is 22.4 Å². The highest BCUT2D eigenvalue weighted by Gasteiger charge is 2.20. The number of anilines is 1. The minimum Gasteiger partial charge on any atom is -0.483 e. The quantitative estimate of drug-likeness (QED) is 0.432. The molecule has 1 N–H and O–H groups in total. The van der Waals surface area contributed by atoms with E-state index >= 15 is 0 Å². The molecular formula is C20H12ClF4NO2. The molecule has 0 heterocycles. The van der Waals surface area contributed by atoms with E-state index in [1.54, 1.807) is 24.3 Å². The second-order valence-corrected chi connectivity index (χ2v) is 6.12. The summed E-state index contributed by atoms with van der Waals surface area (Å²) >= 11 is 5.98. The van der Waals surface area contributed by atoms with Gasteiger partial charge in [0.25, 0.3) is 5.91 Å². The summed E-state index contributed by atoms with van der Waals surface area (Å²) in [7, 11) is 0. The van der Waals surface area contributed by atoms with E-state index in [4.69, 9.17) is 16.3 Å². The molecule has 0 aliphatic rings. The smallest absolute Gasteiger partial charge is 0.255 e. The molecule has 0 bridgehead atoms. The summed E-state index contributed by atoms with van der Waals surface area (Å²) in [6.07, 6.45) is 0. The van der Waals surface area contributed by atoms with Gasteiger partial charge in [-0.2, -0.15) is 8.78 Å². The van der Waals surface area contributed by atoms with E-state index in [-0.39, 0.29) is 12.7 Å². The zero-order valence-electron chi connectivity index (χ0n) is 14.1. The van der Waals surface area contributed by atoms with Crippen LogP contribution in [0.15, 0.2) is 54.6 Å². The molecule has 0 fully saturated rings. The number of para-hydroxylation sites is 1. The van der Waals surface area contributed by atoms with Crippen LogP contribution in [0.25, 0.3) is 0 Å². The molecule has 0 saturated carbocycles. The first-order chi connectivity index (χ1) is 13.4. The number of benzene rings is 3. The maximum Gasteiger partial charge on any atom is 0.255 e. The van der Waals surface area contributed by atoms with Crippen molar-refractivity contribution in [3.63, 3.8) is 0 Å². The molecule has 8 heteroatoms. The minimum atomic E-state index is -1.62. The van der Waals surface area contributed by atoms with Gasteiger partial charge in [-0.05, 0) is 29.8 Å². The monoisotopic (exact) mass is 409 g/mol. The number of rotatable bonds is 5. The zero-order valence-corrected chi connectivity index (χ0v) is 14.9. The molecule has 0 atom stereocenters. The van der Waals surface area contributed by atoms with Gasteiger partial charge in [-0.1, -0.05) is 35.9 Å². The Balaban J connectivity index is 1.69. The summed E-state index contributed by atoms with van der Waals surface area (Å²) in [5, 5.41) is 3.03. The van der Waals surface area contributed by atoms with E-state index < -0.39 is 34.9 Å². The van der Waals surface area contributed by atoms with E-state index in [0.29, 0.717) is 21.8 Å². The summed E-state index contributed by atoms with van der Waals surface area (Å²) in [4.78, 5) is 12.2. The number of halogens is 5. The van der Waals surface area contributed by atoms with Crippen molar-refractivity contribution in [2.75, 3.05) is 5.32 Å². The molecule has 0 aromatic heterocycles. The molecule has 3 aromatic rings. The largest absolute Gasteiger partial charge is 0.483 e. The summed E-state index contributed by atoms with van der Waals surface area (Å²) in [5.74, 6) is -7.90. The predicted octanol–water partition coefficient (Wildman–Crippen LogP) is 5.73. The molecule has 0 saturated heterocycles. The third kappa shape index (κ3) is 4.26. The van der Waals surface area contributed by atoms with Gasteiger partial charge in [0.1, 0.15) is 6.61 Å². The molecule has 0 aliphatic heterocycles. The molecule has 0 aliphatic carbocycles. The van der Waals surface area contributed by atoms with Gasteiger partial charge in [-0.25, -0.2) is 8.78 Å². The Bertz CT molecular complexity index is 999. The SMILES string of the molecule is O=C(Nc1ccccc1Cl)c1ccc(COc2c(F)c(F)cc(F)c2F)cc1. The number of nitrogens with one attached hydrogen (secondary N) is 1. The maximum absolute atomic E-state index is 13.6. The first-order valence-electron chi connectivity index (χ1n) is 7.97. The fourth-order valence-corrected chi connectivity index (χ4v) is 2.53. The second kappa shape index (κ2) is 8.31. The average Bonchev–Trinajstić information content (AvgIpc) is 2.68. The highest BCUT2D eigenvalue weighted by Crippen LogP contribution is 2.27. The number of carbonyl (C=O) groups excluding carboxylic acids is 1. The minimum absolute atomic E-state index is 0.101. The number of hydrogen-bond donors (Lipinski definition) is 1. The highest BCUT2D eigenvalue weighted by molar-refractivity contribution is 6.33. The Morgan fingerprint density at radius 1 is 0.929 bits per heavy atom. The Labute approximate surface area is 162 Å². The lowest BCUT2D eigenvalue weighted by Gasteiger charge is -2.10. The van der Waals surface area contributed by atoms with Crippen LogP contribution in [-0.2, 0) is 6.61 Å². The average molecular weight is 410 g/mol. The van der Waals surface area contributed by atoms with Gasteiger partial charge < -0.3 is 10.1 Å². The van der Waals surface area contributed by atoms with E-state index in [1.165, 1.54) is 24.3 Å². The van der Waals surface area contributed by atoms with Crippen LogP contribution in [0.5, 0.6) is 5.75 Å². The highest BCUT2D eigenvalue weighted by atomic mass is 35.5. The standard InChI is InChI=1S/C20H12ClF4NO2/c21-13-3-1-2-4-16(13)26-20(27)12-7-5-11(6-8-12)10-28-19-17(24)14(22)9-15(23)18(19)25/h1-9H,10H2,(H,26,27). The number of hydrogen-bond acceptors (Lipinski definition) is 2. The van der Waals surface area contributed by atoms with Crippen molar-refractivity contribution in [3.05, 3.63) is 94.0 Å². The molecule has 28 heavy (non-hydrogen) atoms. The number of amides is 1. The van der Waals surface area contributed by atoms with Crippen molar-refractivity contribution < 1.29 is 27.1 Å². The topological polar surface area (TPSA) is 38.3 Å². The van der Waals surface area contributed by atoms with Crippen LogP contribution in [0.1, 0.15) is 15.9 Å². The second-order valence-electron chi connectivity index (χ2n) is 5.72. The normalized spacial score (nSPS) is 10.6. The molecular weight excluding hydrogens is 398 g/mol. The fourth-order valence-electron chi connectivity index (χ4n) is 2.34. The molecule has 144 valence electrons. The van der Waals surface area contributed by atoms with Crippen LogP contribution in [0, 0.1) is 23.3 Å². The molecule has 0 spiro atoms. The van der Waals surface area contributed by atoms with Crippen LogP contribution in [0.3, 0.4) is 0 Å². The van der Waals surface area contributed by atoms with Gasteiger partial charge in [0.2, 0.25) is 11.6 Å². The number of ether oxygens (including phenoxy) is 1. The van der Waals surface area contributed by atoms with Gasteiger partial charge in [-0.3, -0.25) is 4.79 Å². The van der Waals surface area contributed by atoms with Crippen molar-refractivity contribution in [2.45, 2.75) is 6.61 Å².